The van der Waals surface area contributed by atoms with Crippen molar-refractivity contribution < 1.29 is 4.79 Å². The van der Waals surface area contributed by atoms with Crippen molar-refractivity contribution in [2.24, 2.45) is 5.73 Å². The smallest absolute Gasteiger partial charge is 0.162 e. The maximum atomic E-state index is 12.2. The molecule has 0 radical (unpaired) electrons. The van der Waals surface area contributed by atoms with Crippen LogP contribution >= 0.6 is 0 Å². The number of ketones is 1. The highest BCUT2D eigenvalue weighted by atomic mass is 16.1. The predicted octanol–water partition coefficient (Wildman–Crippen LogP) is 3.97. The number of carbonyl (C=O) groups excluding carboxylic acids is 1. The van der Waals surface area contributed by atoms with Crippen molar-refractivity contribution in [3.8, 4) is 0 Å². The molecule has 1 unspecified atom stereocenters. The first kappa shape index (κ1) is 14.5. The van der Waals surface area contributed by atoms with Gasteiger partial charge in [0, 0.05) is 18.0 Å². The summed E-state index contributed by atoms with van der Waals surface area (Å²) in [7, 11) is 0. The lowest BCUT2D eigenvalue weighted by molar-refractivity contribution is 0.0977. The minimum Gasteiger partial charge on any atom is -0.324 e. The van der Waals surface area contributed by atoms with Gasteiger partial charge in [0.15, 0.2) is 5.78 Å². The Morgan fingerprint density at radius 1 is 1.05 bits per heavy atom. The van der Waals surface area contributed by atoms with Gasteiger partial charge in [0.25, 0.3) is 0 Å². The number of aryl methyl sites for hydroxylation is 2. The normalized spacial score (nSPS) is 12.2. The molecule has 2 rings (SSSR count). The fourth-order valence-corrected chi connectivity index (χ4v) is 2.21. The first-order chi connectivity index (χ1) is 9.58. The Hall–Kier alpha value is -1.93. The third-order valence-electron chi connectivity index (χ3n) is 3.74. The summed E-state index contributed by atoms with van der Waals surface area (Å²) in [6.45, 7) is 4.08. The molecule has 0 heterocycles. The van der Waals surface area contributed by atoms with Crippen molar-refractivity contribution in [1.29, 1.82) is 0 Å². The summed E-state index contributed by atoms with van der Waals surface area (Å²) in [6, 6.07) is 15.7. The molecule has 0 amide bonds. The second-order valence-corrected chi connectivity index (χ2v) is 5.28. The van der Waals surface area contributed by atoms with Crippen molar-refractivity contribution in [3.05, 3.63) is 70.8 Å². The molecule has 2 N–H and O–H groups in total. The minimum atomic E-state index is -0.0771. The zero-order chi connectivity index (χ0) is 14.5. The van der Waals surface area contributed by atoms with Gasteiger partial charge in [0.1, 0.15) is 0 Å². The molecule has 20 heavy (non-hydrogen) atoms. The van der Waals surface area contributed by atoms with Gasteiger partial charge in [-0.2, -0.15) is 0 Å². The van der Waals surface area contributed by atoms with Crippen LogP contribution < -0.4 is 5.73 Å². The molecule has 0 aliphatic heterocycles. The predicted molar refractivity (Wildman–Crippen MR) is 82.9 cm³/mol. The number of Topliss-reactive ketones (excluding diaryl/α,β-unsaturated/α-hetero) is 1. The second kappa shape index (κ2) is 6.49. The maximum absolute atomic E-state index is 12.2. The van der Waals surface area contributed by atoms with E-state index in [1.54, 1.807) is 0 Å². The molecule has 2 aromatic carbocycles. The third kappa shape index (κ3) is 3.55. The molecule has 0 saturated heterocycles. The molecule has 1 atom stereocenters. The number of hydrogen-bond acceptors (Lipinski definition) is 2. The highest BCUT2D eigenvalue weighted by molar-refractivity contribution is 5.96. The molecule has 0 aliphatic rings. The van der Waals surface area contributed by atoms with Crippen LogP contribution in [0.15, 0.2) is 48.5 Å². The Labute approximate surface area is 120 Å². The number of carbonyl (C=O) groups is 1. The molecule has 0 spiro atoms. The average Bonchev–Trinajstić information content (AvgIpc) is 2.48. The third-order valence-corrected chi connectivity index (χ3v) is 3.74. The summed E-state index contributed by atoms with van der Waals surface area (Å²) < 4.78 is 0. The first-order valence-electron chi connectivity index (χ1n) is 6.99. The molecule has 2 aromatic rings. The molecule has 2 heteroatoms. The van der Waals surface area contributed by atoms with Gasteiger partial charge in [-0.1, -0.05) is 42.5 Å². The average molecular weight is 267 g/mol. The van der Waals surface area contributed by atoms with Crippen LogP contribution in [0.1, 0.15) is 45.9 Å². The second-order valence-electron chi connectivity index (χ2n) is 5.28. The van der Waals surface area contributed by atoms with Gasteiger partial charge in [-0.3, -0.25) is 4.79 Å². The van der Waals surface area contributed by atoms with Crippen molar-refractivity contribution in [1.82, 2.24) is 0 Å². The summed E-state index contributed by atoms with van der Waals surface area (Å²) >= 11 is 0. The Bertz CT molecular complexity index is 590. The molecule has 0 saturated carbocycles. The van der Waals surface area contributed by atoms with Crippen LogP contribution in [0.5, 0.6) is 0 Å². The minimum absolute atomic E-state index is 0.0771. The molecular weight excluding hydrogens is 246 g/mol. The SMILES string of the molecule is Cc1ccc(C(=O)CCC(N)c2ccccc2)cc1C. The van der Waals surface area contributed by atoms with Gasteiger partial charge in [-0.05, 0) is 43.0 Å². The fraction of sp³-hybridized carbons (Fsp3) is 0.278. The zero-order valence-corrected chi connectivity index (χ0v) is 12.1. The fourth-order valence-electron chi connectivity index (χ4n) is 2.21. The van der Waals surface area contributed by atoms with Gasteiger partial charge in [-0.25, -0.2) is 0 Å². The largest absolute Gasteiger partial charge is 0.324 e. The Morgan fingerprint density at radius 2 is 1.75 bits per heavy atom. The molecular formula is C18H21NO. The van der Waals surface area contributed by atoms with Crippen LogP contribution in [0, 0.1) is 13.8 Å². The van der Waals surface area contributed by atoms with Gasteiger partial charge in [-0.15, -0.1) is 0 Å². The summed E-state index contributed by atoms with van der Waals surface area (Å²) in [5.41, 5.74) is 10.4. The van der Waals surface area contributed by atoms with Crippen molar-refractivity contribution in [3.63, 3.8) is 0 Å². The Balaban J connectivity index is 1.97. The number of benzene rings is 2. The van der Waals surface area contributed by atoms with Gasteiger partial charge in [0.05, 0.1) is 0 Å². The molecule has 0 bridgehead atoms. The van der Waals surface area contributed by atoms with E-state index in [0.29, 0.717) is 12.8 Å². The maximum Gasteiger partial charge on any atom is 0.162 e. The van der Waals surface area contributed by atoms with Crippen molar-refractivity contribution in [2.75, 3.05) is 0 Å². The monoisotopic (exact) mass is 267 g/mol. The van der Waals surface area contributed by atoms with E-state index in [9.17, 15) is 4.79 Å². The summed E-state index contributed by atoms with van der Waals surface area (Å²) in [5.74, 6) is 0.166. The lowest BCUT2D eigenvalue weighted by Gasteiger charge is -2.11. The standard InChI is InChI=1S/C18H21NO/c1-13-8-9-16(12-14(13)2)18(20)11-10-17(19)15-6-4-3-5-7-15/h3-9,12,17H,10-11,19H2,1-2H3. The van der Waals surface area contributed by atoms with Gasteiger partial charge >= 0.3 is 0 Å². The van der Waals surface area contributed by atoms with Crippen LogP contribution in [0.3, 0.4) is 0 Å². The van der Waals surface area contributed by atoms with E-state index in [2.05, 4.69) is 6.92 Å². The molecule has 104 valence electrons. The topological polar surface area (TPSA) is 43.1 Å². The molecule has 0 aliphatic carbocycles. The summed E-state index contributed by atoms with van der Waals surface area (Å²) in [6.07, 6.45) is 1.16. The molecule has 0 fully saturated rings. The Kier molecular flexibility index (Phi) is 4.70. The van der Waals surface area contributed by atoms with E-state index in [4.69, 9.17) is 5.73 Å². The van der Waals surface area contributed by atoms with Gasteiger partial charge < -0.3 is 5.73 Å². The highest BCUT2D eigenvalue weighted by Gasteiger charge is 2.11. The summed E-state index contributed by atoms with van der Waals surface area (Å²) in [5, 5.41) is 0. The van der Waals surface area contributed by atoms with Gasteiger partial charge in [0.2, 0.25) is 0 Å². The molecule has 0 aromatic heterocycles. The zero-order valence-electron chi connectivity index (χ0n) is 12.1. The molecule has 2 nitrogen and oxygen atoms in total. The van der Waals surface area contributed by atoms with E-state index in [0.717, 1.165) is 16.7 Å². The summed E-state index contributed by atoms with van der Waals surface area (Å²) in [4.78, 5) is 12.2. The van der Waals surface area contributed by atoms with Crippen LogP contribution in [0.2, 0.25) is 0 Å². The van der Waals surface area contributed by atoms with E-state index in [1.807, 2.05) is 55.5 Å². The van der Waals surface area contributed by atoms with Crippen LogP contribution in [-0.2, 0) is 0 Å². The van der Waals surface area contributed by atoms with Crippen molar-refractivity contribution >= 4 is 5.78 Å². The first-order valence-corrected chi connectivity index (χ1v) is 6.99. The van der Waals surface area contributed by atoms with Crippen LogP contribution in [-0.4, -0.2) is 5.78 Å². The highest BCUT2D eigenvalue weighted by Crippen LogP contribution is 2.18. The van der Waals surface area contributed by atoms with E-state index in [-0.39, 0.29) is 11.8 Å². The van der Waals surface area contributed by atoms with E-state index < -0.39 is 0 Å². The lowest BCUT2D eigenvalue weighted by Crippen LogP contribution is -2.12. The lowest BCUT2D eigenvalue weighted by atomic mass is 9.97. The van der Waals surface area contributed by atoms with Crippen LogP contribution in [0.4, 0.5) is 0 Å². The Morgan fingerprint density at radius 3 is 2.40 bits per heavy atom. The van der Waals surface area contributed by atoms with E-state index >= 15 is 0 Å². The number of hydrogen-bond donors (Lipinski definition) is 1. The van der Waals surface area contributed by atoms with E-state index in [1.165, 1.54) is 5.56 Å². The number of rotatable bonds is 5. The number of nitrogens with two attached hydrogens (primary N) is 1. The van der Waals surface area contributed by atoms with Crippen LogP contribution in [0.25, 0.3) is 0 Å². The quantitative estimate of drug-likeness (QED) is 0.833. The van der Waals surface area contributed by atoms with Crippen molar-refractivity contribution in [2.45, 2.75) is 32.7 Å².